The number of methoxy groups -OCH3 is 1. The maximum absolute atomic E-state index is 13.5. The van der Waals surface area contributed by atoms with E-state index < -0.39 is 11.8 Å². The first-order chi connectivity index (χ1) is 9.51. The Morgan fingerprint density at radius 2 is 2.05 bits per heavy atom. The zero-order valence-electron chi connectivity index (χ0n) is 12.2. The Balaban J connectivity index is 2.86. The average molecular weight is 283 g/mol. The molecule has 0 bridgehead atoms. The van der Waals surface area contributed by atoms with Crippen molar-refractivity contribution < 1.29 is 19.0 Å². The lowest BCUT2D eigenvalue weighted by Gasteiger charge is -2.30. The minimum Gasteiger partial charge on any atom is -0.465 e. The second-order valence-corrected chi connectivity index (χ2v) is 4.90. The van der Waals surface area contributed by atoms with Gasteiger partial charge in [-0.2, -0.15) is 0 Å². The zero-order chi connectivity index (χ0) is 15.2. The van der Waals surface area contributed by atoms with Gasteiger partial charge < -0.3 is 15.2 Å². The second-order valence-electron chi connectivity index (χ2n) is 4.90. The number of ether oxygens (including phenoxy) is 1. The Bertz CT molecular complexity index is 450. The summed E-state index contributed by atoms with van der Waals surface area (Å²) in [7, 11) is 1.22. The van der Waals surface area contributed by atoms with Crippen molar-refractivity contribution in [3.63, 3.8) is 0 Å². The highest BCUT2D eigenvalue weighted by Gasteiger charge is 2.25. The SMILES string of the molecule is CCC(CC)(CO)CNc1ccc(F)c(C(=O)OC)c1. The monoisotopic (exact) mass is 283 g/mol. The van der Waals surface area contributed by atoms with Crippen molar-refractivity contribution in [3.05, 3.63) is 29.6 Å². The fraction of sp³-hybridized carbons (Fsp3) is 0.533. The molecule has 1 rings (SSSR count). The Hall–Kier alpha value is -1.62. The number of nitrogens with one attached hydrogen (secondary N) is 1. The van der Waals surface area contributed by atoms with Gasteiger partial charge in [-0.1, -0.05) is 13.8 Å². The van der Waals surface area contributed by atoms with Gasteiger partial charge in [0.05, 0.1) is 19.3 Å². The fourth-order valence-electron chi connectivity index (χ4n) is 1.97. The first-order valence-electron chi connectivity index (χ1n) is 6.74. The highest BCUT2D eigenvalue weighted by atomic mass is 19.1. The van der Waals surface area contributed by atoms with Gasteiger partial charge in [0.2, 0.25) is 0 Å². The molecule has 0 aliphatic carbocycles. The molecule has 0 unspecified atom stereocenters. The van der Waals surface area contributed by atoms with Crippen LogP contribution < -0.4 is 5.32 Å². The van der Waals surface area contributed by atoms with Gasteiger partial charge in [0.1, 0.15) is 5.82 Å². The summed E-state index contributed by atoms with van der Waals surface area (Å²) in [4.78, 5) is 11.4. The Labute approximate surface area is 119 Å². The van der Waals surface area contributed by atoms with Gasteiger partial charge in [0.15, 0.2) is 0 Å². The summed E-state index contributed by atoms with van der Waals surface area (Å²) in [5.41, 5.74) is 0.325. The number of halogens is 1. The number of carbonyl (C=O) groups is 1. The molecule has 0 saturated heterocycles. The summed E-state index contributed by atoms with van der Waals surface area (Å²) < 4.78 is 18.0. The molecule has 0 amide bonds. The van der Waals surface area contributed by atoms with Crippen molar-refractivity contribution in [1.29, 1.82) is 0 Å². The van der Waals surface area contributed by atoms with Crippen molar-refractivity contribution in [2.45, 2.75) is 26.7 Å². The molecule has 0 radical (unpaired) electrons. The summed E-state index contributed by atoms with van der Waals surface area (Å²) in [6.45, 7) is 4.68. The lowest BCUT2D eigenvalue weighted by Crippen LogP contribution is -2.32. The van der Waals surface area contributed by atoms with Gasteiger partial charge in [0, 0.05) is 17.6 Å². The largest absolute Gasteiger partial charge is 0.465 e. The summed E-state index contributed by atoms with van der Waals surface area (Å²) in [5.74, 6) is -1.31. The quantitative estimate of drug-likeness (QED) is 0.755. The number of benzene rings is 1. The van der Waals surface area contributed by atoms with E-state index in [1.807, 2.05) is 13.8 Å². The Kier molecular flexibility index (Phi) is 5.95. The van der Waals surface area contributed by atoms with E-state index in [0.717, 1.165) is 12.8 Å². The van der Waals surface area contributed by atoms with Crippen molar-refractivity contribution in [1.82, 2.24) is 0 Å². The topological polar surface area (TPSA) is 58.6 Å². The molecule has 112 valence electrons. The van der Waals surface area contributed by atoms with Crippen LogP contribution in [0.15, 0.2) is 18.2 Å². The molecule has 0 aromatic heterocycles. The lowest BCUT2D eigenvalue weighted by molar-refractivity contribution is 0.0595. The molecule has 0 saturated carbocycles. The van der Waals surface area contributed by atoms with Crippen LogP contribution >= 0.6 is 0 Å². The van der Waals surface area contributed by atoms with E-state index in [4.69, 9.17) is 0 Å². The van der Waals surface area contributed by atoms with Gasteiger partial charge in [0.25, 0.3) is 0 Å². The third kappa shape index (κ3) is 3.70. The second kappa shape index (κ2) is 7.24. The van der Waals surface area contributed by atoms with Crippen molar-refractivity contribution in [2.24, 2.45) is 5.41 Å². The van der Waals surface area contributed by atoms with Crippen LogP contribution in [0.5, 0.6) is 0 Å². The van der Waals surface area contributed by atoms with Crippen molar-refractivity contribution >= 4 is 11.7 Å². The predicted molar refractivity (Wildman–Crippen MR) is 76.3 cm³/mol. The summed E-state index contributed by atoms with van der Waals surface area (Å²) in [5, 5.41) is 12.7. The molecule has 0 fully saturated rings. The molecule has 0 atom stereocenters. The van der Waals surface area contributed by atoms with Gasteiger partial charge in [-0.3, -0.25) is 0 Å². The number of aliphatic hydroxyl groups is 1. The third-order valence-electron chi connectivity index (χ3n) is 3.87. The fourth-order valence-corrected chi connectivity index (χ4v) is 1.97. The normalized spacial score (nSPS) is 11.2. The molecule has 0 aliphatic rings. The van der Waals surface area contributed by atoms with Gasteiger partial charge in [-0.25, -0.2) is 9.18 Å². The van der Waals surface area contributed by atoms with Crippen molar-refractivity contribution in [2.75, 3.05) is 25.6 Å². The van der Waals surface area contributed by atoms with Crippen LogP contribution in [0.25, 0.3) is 0 Å². The number of hydrogen-bond donors (Lipinski definition) is 2. The number of esters is 1. The maximum atomic E-state index is 13.5. The molecule has 4 nitrogen and oxygen atoms in total. The lowest BCUT2D eigenvalue weighted by atomic mass is 9.83. The van der Waals surface area contributed by atoms with Crippen LogP contribution in [0.2, 0.25) is 0 Å². The Morgan fingerprint density at radius 3 is 2.55 bits per heavy atom. The zero-order valence-corrected chi connectivity index (χ0v) is 12.2. The van der Waals surface area contributed by atoms with E-state index >= 15 is 0 Å². The van der Waals surface area contributed by atoms with Crippen LogP contribution in [0.4, 0.5) is 10.1 Å². The predicted octanol–water partition coefficient (Wildman–Crippen LogP) is 2.82. The van der Waals surface area contributed by atoms with E-state index in [-0.39, 0.29) is 17.6 Å². The van der Waals surface area contributed by atoms with E-state index in [2.05, 4.69) is 10.1 Å². The van der Waals surface area contributed by atoms with Crippen molar-refractivity contribution in [3.8, 4) is 0 Å². The van der Waals surface area contributed by atoms with Gasteiger partial charge in [-0.15, -0.1) is 0 Å². The van der Waals surface area contributed by atoms with E-state index in [1.165, 1.54) is 19.2 Å². The average Bonchev–Trinajstić information content (AvgIpc) is 2.50. The maximum Gasteiger partial charge on any atom is 0.340 e. The Morgan fingerprint density at radius 1 is 1.40 bits per heavy atom. The number of hydrogen-bond acceptors (Lipinski definition) is 4. The molecular weight excluding hydrogens is 261 g/mol. The number of anilines is 1. The highest BCUT2D eigenvalue weighted by molar-refractivity contribution is 5.90. The summed E-state index contributed by atoms with van der Waals surface area (Å²) >= 11 is 0. The molecular formula is C15H22FNO3. The number of carbonyl (C=O) groups excluding carboxylic acids is 1. The number of aliphatic hydroxyl groups excluding tert-OH is 1. The molecule has 5 heteroatoms. The molecule has 0 spiro atoms. The van der Waals surface area contributed by atoms with Crippen LogP contribution in [0.3, 0.4) is 0 Å². The third-order valence-corrected chi connectivity index (χ3v) is 3.87. The molecule has 2 N–H and O–H groups in total. The molecule has 0 aliphatic heterocycles. The van der Waals surface area contributed by atoms with Crippen LogP contribution in [-0.2, 0) is 4.74 Å². The molecule has 20 heavy (non-hydrogen) atoms. The van der Waals surface area contributed by atoms with Crippen LogP contribution in [0, 0.1) is 11.2 Å². The molecule has 0 heterocycles. The number of rotatable bonds is 7. The van der Waals surface area contributed by atoms with Crippen LogP contribution in [0.1, 0.15) is 37.0 Å². The molecule has 1 aromatic carbocycles. The molecule has 1 aromatic rings. The standard InChI is InChI=1S/C15H22FNO3/c1-4-15(5-2,10-18)9-17-11-6-7-13(16)12(8-11)14(19)20-3/h6-8,17-18H,4-5,9-10H2,1-3H3. The first-order valence-corrected chi connectivity index (χ1v) is 6.74. The van der Waals surface area contributed by atoms with Crippen LogP contribution in [-0.4, -0.2) is 31.3 Å². The van der Waals surface area contributed by atoms with E-state index in [9.17, 15) is 14.3 Å². The first kappa shape index (κ1) is 16.4. The van der Waals surface area contributed by atoms with Gasteiger partial charge >= 0.3 is 5.97 Å². The minimum absolute atomic E-state index is 0.0814. The van der Waals surface area contributed by atoms with Gasteiger partial charge in [-0.05, 0) is 31.0 Å². The summed E-state index contributed by atoms with van der Waals surface area (Å²) in [6, 6.07) is 4.22. The van der Waals surface area contributed by atoms with E-state index in [1.54, 1.807) is 6.07 Å². The minimum atomic E-state index is -0.703. The highest BCUT2D eigenvalue weighted by Crippen LogP contribution is 2.26. The summed E-state index contributed by atoms with van der Waals surface area (Å²) in [6.07, 6.45) is 1.66. The smallest absolute Gasteiger partial charge is 0.340 e. The van der Waals surface area contributed by atoms with E-state index in [0.29, 0.717) is 12.2 Å².